The number of aromatic nitrogens is 1. The number of hydrogen-bond acceptors (Lipinski definition) is 2. The Balaban J connectivity index is 2.13. The van der Waals surface area contributed by atoms with E-state index in [1.54, 1.807) is 25.2 Å². The number of carboxylic acids is 1. The molecule has 0 atom stereocenters. The second kappa shape index (κ2) is 6.35. The van der Waals surface area contributed by atoms with Crippen LogP contribution >= 0.6 is 0 Å². The number of nitriles is 1. The van der Waals surface area contributed by atoms with E-state index in [0.29, 0.717) is 22.4 Å². The first-order valence-electron chi connectivity index (χ1n) is 7.46. The average molecular weight is 327 g/mol. The highest BCUT2D eigenvalue weighted by molar-refractivity contribution is 5.99. The summed E-state index contributed by atoms with van der Waals surface area (Å²) >= 11 is 0. The summed E-state index contributed by atoms with van der Waals surface area (Å²) < 4.78 is 1.45. The van der Waals surface area contributed by atoms with E-state index in [-0.39, 0.29) is 5.69 Å². The lowest BCUT2D eigenvalue weighted by Crippen LogP contribution is -2.05. The number of carbonyl (C=O) groups is 1. The number of benzene rings is 2. The molecule has 0 saturated heterocycles. The third-order valence-corrected chi connectivity index (χ3v) is 4.02. The molecular weight excluding hydrogens is 314 g/mol. The van der Waals surface area contributed by atoms with Crippen LogP contribution in [-0.4, -0.2) is 15.6 Å². The fourth-order valence-electron chi connectivity index (χ4n) is 2.89. The van der Waals surface area contributed by atoms with Gasteiger partial charge in [-0.15, -0.1) is 0 Å². The minimum absolute atomic E-state index is 0.0798. The molecule has 1 aromatic heterocycles. The second-order valence-corrected chi connectivity index (χ2v) is 5.50. The maximum absolute atomic E-state index is 11.6. The summed E-state index contributed by atoms with van der Waals surface area (Å²) in [4.78, 5) is 15.0. The first-order valence-corrected chi connectivity index (χ1v) is 7.46. The van der Waals surface area contributed by atoms with Crippen LogP contribution in [0, 0.1) is 17.9 Å². The SMILES string of the molecule is [C-]#[N+]c1cn(C)c(C(=O)O)c1-c1ccc(-c2ccccc2C#N)cc1. The third-order valence-electron chi connectivity index (χ3n) is 4.02. The van der Waals surface area contributed by atoms with Gasteiger partial charge < -0.3 is 9.67 Å². The lowest BCUT2D eigenvalue weighted by atomic mass is 9.97. The van der Waals surface area contributed by atoms with Crippen molar-refractivity contribution in [2.75, 3.05) is 0 Å². The number of nitrogens with zero attached hydrogens (tertiary/aromatic N) is 3. The predicted molar refractivity (Wildman–Crippen MR) is 94.2 cm³/mol. The van der Waals surface area contributed by atoms with Crippen LogP contribution in [0.2, 0.25) is 0 Å². The fraction of sp³-hybridized carbons (Fsp3) is 0.0500. The third kappa shape index (κ3) is 2.75. The van der Waals surface area contributed by atoms with E-state index in [0.717, 1.165) is 11.1 Å². The molecule has 1 N–H and O–H groups in total. The summed E-state index contributed by atoms with van der Waals surface area (Å²) in [5, 5.41) is 18.7. The number of rotatable bonds is 3. The van der Waals surface area contributed by atoms with E-state index in [1.807, 2.05) is 30.3 Å². The molecule has 25 heavy (non-hydrogen) atoms. The Morgan fingerprint density at radius 1 is 1.16 bits per heavy atom. The molecule has 2 aromatic carbocycles. The van der Waals surface area contributed by atoms with E-state index in [9.17, 15) is 15.2 Å². The highest BCUT2D eigenvalue weighted by Gasteiger charge is 2.21. The Morgan fingerprint density at radius 3 is 2.40 bits per heavy atom. The predicted octanol–water partition coefficient (Wildman–Crippen LogP) is 4.48. The average Bonchev–Trinajstić information content (AvgIpc) is 2.98. The van der Waals surface area contributed by atoms with Gasteiger partial charge in [0.1, 0.15) is 5.69 Å². The molecule has 1 heterocycles. The molecule has 0 fully saturated rings. The highest BCUT2D eigenvalue weighted by Crippen LogP contribution is 2.36. The van der Waals surface area contributed by atoms with Gasteiger partial charge in [0.05, 0.1) is 18.2 Å². The number of aromatic carboxylic acids is 1. The van der Waals surface area contributed by atoms with Crippen molar-refractivity contribution in [3.63, 3.8) is 0 Å². The van der Waals surface area contributed by atoms with Crippen molar-refractivity contribution in [1.82, 2.24) is 4.57 Å². The standard InChI is InChI=1S/C20H13N3O2/c1-22-17-12-23(2)19(20(24)25)18(17)14-9-7-13(8-10-14)16-6-4-3-5-15(16)11-21/h3-10,12H,2H3,(H,24,25). The van der Waals surface area contributed by atoms with Crippen molar-refractivity contribution in [1.29, 1.82) is 5.26 Å². The van der Waals surface area contributed by atoms with Crippen molar-refractivity contribution >= 4 is 11.7 Å². The molecule has 0 unspecified atom stereocenters. The van der Waals surface area contributed by atoms with E-state index in [1.165, 1.54) is 10.8 Å². The van der Waals surface area contributed by atoms with Crippen molar-refractivity contribution in [2.45, 2.75) is 0 Å². The molecular formula is C20H13N3O2. The largest absolute Gasteiger partial charge is 0.477 e. The normalized spacial score (nSPS) is 10.0. The molecule has 0 aliphatic carbocycles. The molecule has 3 aromatic rings. The molecule has 5 nitrogen and oxygen atoms in total. The molecule has 0 spiro atoms. The van der Waals surface area contributed by atoms with Gasteiger partial charge in [0, 0.05) is 18.8 Å². The summed E-state index contributed by atoms with van der Waals surface area (Å²) in [5.74, 6) is -1.08. The molecule has 120 valence electrons. The van der Waals surface area contributed by atoms with E-state index in [2.05, 4.69) is 10.9 Å². The molecule has 0 amide bonds. The summed E-state index contributed by atoms with van der Waals surface area (Å²) in [6, 6.07) is 16.7. The van der Waals surface area contributed by atoms with Crippen molar-refractivity contribution in [2.24, 2.45) is 7.05 Å². The van der Waals surface area contributed by atoms with Gasteiger partial charge in [-0.3, -0.25) is 0 Å². The molecule has 5 heteroatoms. The molecule has 3 rings (SSSR count). The molecule has 0 aliphatic heterocycles. The van der Waals surface area contributed by atoms with Gasteiger partial charge in [-0.25, -0.2) is 9.64 Å². The fourth-order valence-corrected chi connectivity index (χ4v) is 2.89. The van der Waals surface area contributed by atoms with Gasteiger partial charge in [0.2, 0.25) is 5.69 Å². The molecule has 0 aliphatic rings. The number of aryl methyl sites for hydroxylation is 1. The van der Waals surface area contributed by atoms with Crippen molar-refractivity contribution in [3.8, 4) is 28.3 Å². The van der Waals surface area contributed by atoms with Crippen LogP contribution in [0.25, 0.3) is 27.1 Å². The summed E-state index contributed by atoms with van der Waals surface area (Å²) in [6.07, 6.45) is 1.52. The van der Waals surface area contributed by atoms with Crippen LogP contribution in [0.4, 0.5) is 5.69 Å². The minimum Gasteiger partial charge on any atom is -0.477 e. The summed E-state index contributed by atoms with van der Waals surface area (Å²) in [6.45, 7) is 7.30. The maximum atomic E-state index is 11.6. The molecule has 0 radical (unpaired) electrons. The van der Waals surface area contributed by atoms with Crippen LogP contribution in [-0.2, 0) is 7.05 Å². The van der Waals surface area contributed by atoms with E-state index in [4.69, 9.17) is 6.57 Å². The van der Waals surface area contributed by atoms with E-state index < -0.39 is 5.97 Å². The van der Waals surface area contributed by atoms with Crippen LogP contribution in [0.15, 0.2) is 54.7 Å². The Bertz CT molecular complexity index is 1050. The lowest BCUT2D eigenvalue weighted by molar-refractivity contribution is 0.0687. The van der Waals surface area contributed by atoms with Crippen molar-refractivity contribution in [3.05, 3.63) is 77.4 Å². The number of carboxylic acid groups (broad SMARTS) is 1. The first kappa shape index (κ1) is 16.0. The number of hydrogen-bond donors (Lipinski definition) is 1. The van der Waals surface area contributed by atoms with Crippen LogP contribution in [0.1, 0.15) is 16.1 Å². The summed E-state index contributed by atoms with van der Waals surface area (Å²) in [7, 11) is 1.61. The first-order chi connectivity index (χ1) is 12.1. The van der Waals surface area contributed by atoms with Gasteiger partial charge in [-0.05, 0) is 22.8 Å². The minimum atomic E-state index is -1.08. The quantitative estimate of drug-likeness (QED) is 0.721. The second-order valence-electron chi connectivity index (χ2n) is 5.50. The monoisotopic (exact) mass is 327 g/mol. The smallest absolute Gasteiger partial charge is 0.351 e. The van der Waals surface area contributed by atoms with Gasteiger partial charge in [-0.1, -0.05) is 42.5 Å². The van der Waals surface area contributed by atoms with Gasteiger partial charge in [0.25, 0.3) is 0 Å². The Morgan fingerprint density at radius 2 is 1.80 bits per heavy atom. The zero-order valence-corrected chi connectivity index (χ0v) is 13.4. The Labute approximate surface area is 144 Å². The van der Waals surface area contributed by atoms with Gasteiger partial charge >= 0.3 is 5.97 Å². The van der Waals surface area contributed by atoms with Crippen LogP contribution in [0.5, 0.6) is 0 Å². The topological polar surface area (TPSA) is 70.4 Å². The Kier molecular flexibility index (Phi) is 4.07. The maximum Gasteiger partial charge on any atom is 0.351 e. The zero-order chi connectivity index (χ0) is 18.0. The highest BCUT2D eigenvalue weighted by atomic mass is 16.4. The summed E-state index contributed by atoms with van der Waals surface area (Å²) in [5.41, 5.74) is 3.68. The van der Waals surface area contributed by atoms with E-state index >= 15 is 0 Å². The van der Waals surface area contributed by atoms with Gasteiger partial charge in [-0.2, -0.15) is 5.26 Å². The van der Waals surface area contributed by atoms with Crippen molar-refractivity contribution < 1.29 is 9.90 Å². The lowest BCUT2D eigenvalue weighted by Gasteiger charge is -2.08. The molecule has 0 bridgehead atoms. The van der Waals surface area contributed by atoms with Gasteiger partial charge in [0.15, 0.2) is 0 Å². The van der Waals surface area contributed by atoms with Crippen LogP contribution < -0.4 is 0 Å². The molecule has 0 saturated carbocycles. The zero-order valence-electron chi connectivity index (χ0n) is 13.4. The van der Waals surface area contributed by atoms with Crippen LogP contribution in [0.3, 0.4) is 0 Å². The Hall–Kier alpha value is -3.83.